The number of carboxylic acid groups (broad SMARTS) is 1. The van der Waals surface area contributed by atoms with Crippen LogP contribution in [0.1, 0.15) is 24.8 Å². The van der Waals surface area contributed by atoms with Crippen molar-refractivity contribution in [3.63, 3.8) is 0 Å². The molecule has 0 aliphatic rings. The van der Waals surface area contributed by atoms with E-state index in [2.05, 4.69) is 15.3 Å². The van der Waals surface area contributed by atoms with Gasteiger partial charge in [0.15, 0.2) is 11.5 Å². The van der Waals surface area contributed by atoms with Crippen LogP contribution in [-0.2, 0) is 11.2 Å². The minimum absolute atomic E-state index is 0.490. The first-order chi connectivity index (χ1) is 14.5. The van der Waals surface area contributed by atoms with E-state index < -0.39 is 12.0 Å². The van der Waals surface area contributed by atoms with Crippen LogP contribution in [0.25, 0.3) is 10.9 Å². The number of hydrogen-bond donors (Lipinski definition) is 3. The summed E-state index contributed by atoms with van der Waals surface area (Å²) in [5.41, 5.74) is 8.37. The average molecular weight is 410 g/mol. The Morgan fingerprint density at radius 1 is 1.10 bits per heavy atom. The number of benzene rings is 2. The van der Waals surface area contributed by atoms with Crippen LogP contribution < -0.4 is 20.5 Å². The number of aryl methyl sites for hydroxylation is 1. The van der Waals surface area contributed by atoms with Crippen LogP contribution in [0.2, 0.25) is 0 Å². The maximum Gasteiger partial charge on any atom is 0.320 e. The molecule has 8 heteroatoms. The number of carboxylic acids is 1. The van der Waals surface area contributed by atoms with Gasteiger partial charge in [0, 0.05) is 17.1 Å². The zero-order valence-corrected chi connectivity index (χ0v) is 17.1. The van der Waals surface area contributed by atoms with Gasteiger partial charge in [0.25, 0.3) is 0 Å². The van der Waals surface area contributed by atoms with E-state index in [1.807, 2.05) is 36.4 Å². The lowest BCUT2D eigenvalue weighted by molar-refractivity contribution is -0.138. The first-order valence-electron chi connectivity index (χ1n) is 9.73. The minimum atomic E-state index is -0.946. The van der Waals surface area contributed by atoms with E-state index >= 15 is 0 Å². The first kappa shape index (κ1) is 21.3. The molecule has 0 fully saturated rings. The number of aromatic nitrogens is 2. The number of anilines is 2. The lowest BCUT2D eigenvalue weighted by Gasteiger charge is -2.12. The van der Waals surface area contributed by atoms with Crippen LogP contribution >= 0.6 is 0 Å². The largest absolute Gasteiger partial charge is 0.493 e. The molecule has 1 heterocycles. The molecule has 0 aliphatic carbocycles. The van der Waals surface area contributed by atoms with E-state index in [4.69, 9.17) is 20.3 Å². The molecule has 1 aromatic heterocycles. The van der Waals surface area contributed by atoms with Gasteiger partial charge in [0.1, 0.15) is 18.2 Å². The number of hydrogen-bond acceptors (Lipinski definition) is 7. The zero-order valence-electron chi connectivity index (χ0n) is 17.1. The highest BCUT2D eigenvalue weighted by Gasteiger charge is 2.12. The Hall–Kier alpha value is -3.39. The molecular formula is C22H26N4O4. The minimum Gasteiger partial charge on any atom is -0.493 e. The van der Waals surface area contributed by atoms with Crippen LogP contribution in [0.15, 0.2) is 42.7 Å². The van der Waals surface area contributed by atoms with Crippen molar-refractivity contribution in [1.29, 1.82) is 0 Å². The van der Waals surface area contributed by atoms with Crippen LogP contribution in [0.5, 0.6) is 11.5 Å². The Labute approximate surface area is 175 Å². The molecule has 2 aromatic carbocycles. The molecule has 0 spiro atoms. The number of aliphatic carboxylic acids is 1. The first-order valence-corrected chi connectivity index (χ1v) is 9.73. The van der Waals surface area contributed by atoms with Gasteiger partial charge in [-0.3, -0.25) is 4.79 Å². The van der Waals surface area contributed by atoms with Gasteiger partial charge in [0.2, 0.25) is 0 Å². The molecule has 158 valence electrons. The van der Waals surface area contributed by atoms with Crippen molar-refractivity contribution in [3.8, 4) is 11.5 Å². The van der Waals surface area contributed by atoms with Gasteiger partial charge >= 0.3 is 5.97 Å². The van der Waals surface area contributed by atoms with Crippen LogP contribution in [0.3, 0.4) is 0 Å². The number of methoxy groups -OCH3 is 2. The summed E-state index contributed by atoms with van der Waals surface area (Å²) < 4.78 is 10.7. The highest BCUT2D eigenvalue weighted by atomic mass is 16.5. The molecule has 3 rings (SSSR count). The molecule has 0 saturated carbocycles. The quantitative estimate of drug-likeness (QED) is 0.434. The molecule has 8 nitrogen and oxygen atoms in total. The van der Waals surface area contributed by atoms with Crippen molar-refractivity contribution in [2.24, 2.45) is 5.73 Å². The maximum absolute atomic E-state index is 10.7. The van der Waals surface area contributed by atoms with Gasteiger partial charge in [0.05, 0.1) is 19.7 Å². The average Bonchev–Trinajstić information content (AvgIpc) is 2.76. The van der Waals surface area contributed by atoms with Gasteiger partial charge in [-0.25, -0.2) is 9.97 Å². The van der Waals surface area contributed by atoms with E-state index in [1.54, 1.807) is 14.2 Å². The number of rotatable bonds is 10. The number of nitrogens with zero attached hydrogens (tertiary/aromatic N) is 2. The number of carbonyl (C=O) groups is 1. The fraction of sp³-hybridized carbons (Fsp3) is 0.318. The number of ether oxygens (including phenoxy) is 2. The molecule has 30 heavy (non-hydrogen) atoms. The SMILES string of the molecule is COc1cc2ncnc(Nc3ccc(CCCCC(N)C(=O)O)cc3)c2cc1OC. The third-order valence-electron chi connectivity index (χ3n) is 4.91. The summed E-state index contributed by atoms with van der Waals surface area (Å²) in [7, 11) is 3.18. The molecule has 0 radical (unpaired) electrons. The van der Waals surface area contributed by atoms with Gasteiger partial charge in [-0.1, -0.05) is 18.6 Å². The predicted molar refractivity (Wildman–Crippen MR) is 116 cm³/mol. The second kappa shape index (κ2) is 9.89. The van der Waals surface area contributed by atoms with Crippen LogP contribution in [0, 0.1) is 0 Å². The van der Waals surface area contributed by atoms with E-state index in [0.717, 1.165) is 35.9 Å². The topological polar surface area (TPSA) is 120 Å². The third-order valence-corrected chi connectivity index (χ3v) is 4.91. The Bertz CT molecular complexity index is 1010. The second-order valence-corrected chi connectivity index (χ2v) is 6.96. The number of fused-ring (bicyclic) bond motifs is 1. The van der Waals surface area contributed by atoms with Crippen LogP contribution in [0.4, 0.5) is 11.5 Å². The predicted octanol–water partition coefficient (Wildman–Crippen LogP) is 3.52. The highest BCUT2D eigenvalue weighted by Crippen LogP contribution is 2.34. The molecule has 0 saturated heterocycles. The molecule has 0 bridgehead atoms. The van der Waals surface area contributed by atoms with Crippen molar-refractivity contribution < 1.29 is 19.4 Å². The Kier molecular flexibility index (Phi) is 7.03. The van der Waals surface area contributed by atoms with E-state index in [9.17, 15) is 4.79 Å². The molecule has 0 amide bonds. The maximum atomic E-state index is 10.7. The molecule has 1 atom stereocenters. The smallest absolute Gasteiger partial charge is 0.320 e. The normalized spacial score (nSPS) is 11.8. The van der Waals surface area contributed by atoms with Crippen molar-refractivity contribution in [2.75, 3.05) is 19.5 Å². The molecular weight excluding hydrogens is 384 g/mol. The van der Waals surface area contributed by atoms with Crippen molar-refractivity contribution in [1.82, 2.24) is 9.97 Å². The Balaban J connectivity index is 1.67. The van der Waals surface area contributed by atoms with E-state index in [1.165, 1.54) is 11.9 Å². The molecule has 3 aromatic rings. The Morgan fingerprint density at radius 2 is 1.80 bits per heavy atom. The number of unbranched alkanes of at least 4 members (excludes halogenated alkanes) is 1. The van der Waals surface area contributed by atoms with Crippen molar-refractivity contribution in [3.05, 3.63) is 48.3 Å². The number of nitrogens with two attached hydrogens (primary N) is 1. The van der Waals surface area contributed by atoms with Crippen molar-refractivity contribution >= 4 is 28.4 Å². The van der Waals surface area contributed by atoms with Gasteiger partial charge in [-0.15, -0.1) is 0 Å². The van der Waals surface area contributed by atoms with Gasteiger partial charge in [-0.2, -0.15) is 0 Å². The molecule has 1 unspecified atom stereocenters. The third kappa shape index (κ3) is 5.15. The standard InChI is InChI=1S/C22H26N4O4/c1-29-19-11-16-18(12-20(19)30-2)24-13-25-21(16)26-15-9-7-14(8-10-15)5-3-4-6-17(23)22(27)28/h7-13,17H,3-6,23H2,1-2H3,(H,27,28)(H,24,25,26). The van der Waals surface area contributed by atoms with E-state index in [-0.39, 0.29) is 0 Å². The fourth-order valence-corrected chi connectivity index (χ4v) is 3.19. The summed E-state index contributed by atoms with van der Waals surface area (Å²) in [5, 5.41) is 13.0. The monoisotopic (exact) mass is 410 g/mol. The molecule has 4 N–H and O–H groups in total. The second-order valence-electron chi connectivity index (χ2n) is 6.96. The molecule has 0 aliphatic heterocycles. The summed E-state index contributed by atoms with van der Waals surface area (Å²) in [6.07, 6.45) is 4.55. The number of nitrogens with one attached hydrogen (secondary N) is 1. The summed E-state index contributed by atoms with van der Waals surface area (Å²) >= 11 is 0. The summed E-state index contributed by atoms with van der Waals surface area (Å²) in [6.45, 7) is 0. The zero-order chi connectivity index (χ0) is 21.5. The summed E-state index contributed by atoms with van der Waals surface area (Å²) in [4.78, 5) is 19.4. The fourth-order valence-electron chi connectivity index (χ4n) is 3.19. The van der Waals surface area contributed by atoms with Gasteiger partial charge < -0.3 is 25.6 Å². The van der Waals surface area contributed by atoms with E-state index in [0.29, 0.717) is 23.7 Å². The lowest BCUT2D eigenvalue weighted by Crippen LogP contribution is -2.29. The summed E-state index contributed by atoms with van der Waals surface area (Å²) in [6, 6.07) is 11.0. The van der Waals surface area contributed by atoms with Crippen molar-refractivity contribution in [2.45, 2.75) is 31.7 Å². The highest BCUT2D eigenvalue weighted by molar-refractivity contribution is 5.93. The summed E-state index contributed by atoms with van der Waals surface area (Å²) in [5.74, 6) is 0.958. The lowest BCUT2D eigenvalue weighted by atomic mass is 10.0. The van der Waals surface area contributed by atoms with Crippen LogP contribution in [-0.4, -0.2) is 41.3 Å². The Morgan fingerprint density at radius 3 is 2.47 bits per heavy atom. The van der Waals surface area contributed by atoms with Gasteiger partial charge in [-0.05, 0) is 43.0 Å².